The molecule has 0 bridgehead atoms. The second kappa shape index (κ2) is 8.63. The van der Waals surface area contributed by atoms with Gasteiger partial charge in [0.25, 0.3) is 0 Å². The van der Waals surface area contributed by atoms with Crippen LogP contribution >= 0.6 is 11.3 Å². The van der Waals surface area contributed by atoms with E-state index >= 15 is 0 Å². The smallest absolute Gasteiger partial charge is 0.186 e. The molecule has 1 rings (SSSR count). The standard InChI is InChI=1S/C16H31N3S/c1-7-10-17-11-14-15(13(6)8-2)18-16(20-14)19(9-3)12(4)5/h12-13,17H,7-11H2,1-6H3. The fourth-order valence-corrected chi connectivity index (χ4v) is 3.63. The maximum atomic E-state index is 4.96. The second-order valence-corrected chi connectivity index (χ2v) is 6.73. The van der Waals surface area contributed by atoms with Gasteiger partial charge in [-0.05, 0) is 46.1 Å². The lowest BCUT2D eigenvalue weighted by molar-refractivity contribution is 0.652. The van der Waals surface area contributed by atoms with Gasteiger partial charge in [0.05, 0.1) is 5.69 Å². The van der Waals surface area contributed by atoms with Crippen LogP contribution in [-0.4, -0.2) is 24.1 Å². The van der Waals surface area contributed by atoms with Gasteiger partial charge in [-0.3, -0.25) is 0 Å². The van der Waals surface area contributed by atoms with Crippen molar-refractivity contribution >= 4 is 16.5 Å². The number of nitrogens with one attached hydrogen (secondary N) is 1. The lowest BCUT2D eigenvalue weighted by Gasteiger charge is -2.24. The average Bonchev–Trinajstić information content (AvgIpc) is 2.82. The van der Waals surface area contributed by atoms with Crippen LogP contribution in [0.1, 0.15) is 70.9 Å². The van der Waals surface area contributed by atoms with Crippen LogP contribution in [-0.2, 0) is 6.54 Å². The molecular formula is C16H31N3S. The molecule has 0 saturated carbocycles. The Morgan fingerprint density at radius 2 is 1.90 bits per heavy atom. The van der Waals surface area contributed by atoms with E-state index < -0.39 is 0 Å². The molecule has 0 aromatic carbocycles. The van der Waals surface area contributed by atoms with E-state index in [1.54, 1.807) is 0 Å². The largest absolute Gasteiger partial charge is 0.346 e. The average molecular weight is 298 g/mol. The molecule has 116 valence electrons. The molecule has 1 aromatic heterocycles. The minimum Gasteiger partial charge on any atom is -0.346 e. The highest BCUT2D eigenvalue weighted by Crippen LogP contribution is 2.32. The Morgan fingerprint density at radius 1 is 1.20 bits per heavy atom. The van der Waals surface area contributed by atoms with Gasteiger partial charge in [-0.1, -0.05) is 20.8 Å². The molecule has 0 fully saturated rings. The molecule has 0 aliphatic heterocycles. The number of rotatable bonds is 9. The van der Waals surface area contributed by atoms with E-state index in [1.165, 1.54) is 22.1 Å². The van der Waals surface area contributed by atoms with Crippen molar-refractivity contribution in [3.63, 3.8) is 0 Å². The Balaban J connectivity index is 2.97. The Bertz CT molecular complexity index is 387. The lowest BCUT2D eigenvalue weighted by Crippen LogP contribution is -2.30. The first kappa shape index (κ1) is 17.4. The highest BCUT2D eigenvalue weighted by atomic mass is 32.1. The fourth-order valence-electron chi connectivity index (χ4n) is 2.28. The molecule has 1 unspecified atom stereocenters. The van der Waals surface area contributed by atoms with Crippen LogP contribution in [0, 0.1) is 0 Å². The monoisotopic (exact) mass is 297 g/mol. The molecule has 0 amide bonds. The fraction of sp³-hybridized carbons (Fsp3) is 0.812. The van der Waals surface area contributed by atoms with Gasteiger partial charge in [0.1, 0.15) is 0 Å². The van der Waals surface area contributed by atoms with E-state index in [9.17, 15) is 0 Å². The van der Waals surface area contributed by atoms with Gasteiger partial charge in [0.2, 0.25) is 0 Å². The molecule has 3 nitrogen and oxygen atoms in total. The normalized spacial score (nSPS) is 12.9. The van der Waals surface area contributed by atoms with Gasteiger partial charge in [0, 0.05) is 24.0 Å². The molecule has 1 atom stereocenters. The van der Waals surface area contributed by atoms with Crippen molar-refractivity contribution in [2.75, 3.05) is 18.0 Å². The van der Waals surface area contributed by atoms with E-state index in [0.717, 1.165) is 26.1 Å². The number of thiazole rings is 1. The summed E-state index contributed by atoms with van der Waals surface area (Å²) in [4.78, 5) is 8.76. The Labute approximate surface area is 128 Å². The van der Waals surface area contributed by atoms with E-state index in [-0.39, 0.29) is 0 Å². The van der Waals surface area contributed by atoms with Gasteiger partial charge < -0.3 is 10.2 Å². The zero-order chi connectivity index (χ0) is 15.1. The van der Waals surface area contributed by atoms with Crippen LogP contribution in [0.4, 0.5) is 5.13 Å². The quantitative estimate of drug-likeness (QED) is 0.685. The lowest BCUT2D eigenvalue weighted by atomic mass is 10.0. The summed E-state index contributed by atoms with van der Waals surface area (Å²) in [5.41, 5.74) is 1.30. The van der Waals surface area contributed by atoms with E-state index in [4.69, 9.17) is 4.98 Å². The van der Waals surface area contributed by atoms with Gasteiger partial charge >= 0.3 is 0 Å². The molecule has 0 saturated heterocycles. The summed E-state index contributed by atoms with van der Waals surface area (Å²) in [6, 6.07) is 0.507. The van der Waals surface area contributed by atoms with E-state index in [1.807, 2.05) is 11.3 Å². The van der Waals surface area contributed by atoms with Crippen LogP contribution < -0.4 is 10.2 Å². The second-order valence-electron chi connectivity index (χ2n) is 5.67. The molecule has 0 spiro atoms. The number of anilines is 1. The first-order valence-corrected chi connectivity index (χ1v) is 8.83. The Hall–Kier alpha value is -0.610. The van der Waals surface area contributed by atoms with Crippen LogP contribution in [0.25, 0.3) is 0 Å². The highest BCUT2D eigenvalue weighted by Gasteiger charge is 2.19. The van der Waals surface area contributed by atoms with Crippen LogP contribution in [0.3, 0.4) is 0 Å². The summed E-state index contributed by atoms with van der Waals surface area (Å²) < 4.78 is 0. The minimum absolute atomic E-state index is 0.507. The number of hydrogen-bond donors (Lipinski definition) is 1. The van der Waals surface area contributed by atoms with Crippen molar-refractivity contribution in [1.82, 2.24) is 10.3 Å². The van der Waals surface area contributed by atoms with Crippen molar-refractivity contribution in [2.45, 2.75) is 72.9 Å². The molecule has 1 N–H and O–H groups in total. The van der Waals surface area contributed by atoms with Gasteiger partial charge in [-0.2, -0.15) is 0 Å². The summed E-state index contributed by atoms with van der Waals surface area (Å²) in [5, 5.41) is 4.71. The number of nitrogens with zero attached hydrogens (tertiary/aromatic N) is 2. The molecule has 1 heterocycles. The Kier molecular flexibility index (Phi) is 7.52. The van der Waals surface area contributed by atoms with E-state index in [2.05, 4.69) is 51.8 Å². The topological polar surface area (TPSA) is 28.2 Å². The number of aromatic nitrogens is 1. The third kappa shape index (κ3) is 4.45. The zero-order valence-electron chi connectivity index (χ0n) is 14.0. The molecule has 1 aromatic rings. The third-order valence-electron chi connectivity index (χ3n) is 3.72. The summed E-state index contributed by atoms with van der Waals surface area (Å²) >= 11 is 1.87. The Morgan fingerprint density at radius 3 is 2.40 bits per heavy atom. The summed E-state index contributed by atoms with van der Waals surface area (Å²) in [6.07, 6.45) is 2.33. The van der Waals surface area contributed by atoms with Crippen molar-refractivity contribution in [3.8, 4) is 0 Å². The van der Waals surface area contributed by atoms with Crippen molar-refractivity contribution in [1.29, 1.82) is 0 Å². The third-order valence-corrected chi connectivity index (χ3v) is 4.83. The first-order chi connectivity index (χ1) is 9.54. The van der Waals surface area contributed by atoms with Gasteiger partial charge in [0.15, 0.2) is 5.13 Å². The highest BCUT2D eigenvalue weighted by molar-refractivity contribution is 7.15. The summed E-state index contributed by atoms with van der Waals surface area (Å²) in [6.45, 7) is 16.5. The first-order valence-electron chi connectivity index (χ1n) is 8.01. The SMILES string of the molecule is CCCNCc1sc(N(CC)C(C)C)nc1C(C)CC. The molecule has 20 heavy (non-hydrogen) atoms. The minimum atomic E-state index is 0.507. The molecular weight excluding hydrogens is 266 g/mol. The zero-order valence-corrected chi connectivity index (χ0v) is 14.8. The van der Waals surface area contributed by atoms with Crippen LogP contribution in [0.15, 0.2) is 0 Å². The van der Waals surface area contributed by atoms with Crippen molar-refractivity contribution < 1.29 is 0 Å². The molecule has 0 aliphatic rings. The van der Waals surface area contributed by atoms with Gasteiger partial charge in [-0.15, -0.1) is 11.3 Å². The maximum Gasteiger partial charge on any atom is 0.186 e. The van der Waals surface area contributed by atoms with Crippen LogP contribution in [0.5, 0.6) is 0 Å². The van der Waals surface area contributed by atoms with Crippen molar-refractivity contribution in [2.24, 2.45) is 0 Å². The maximum absolute atomic E-state index is 4.96. The number of hydrogen-bond acceptors (Lipinski definition) is 4. The van der Waals surface area contributed by atoms with Crippen LogP contribution in [0.2, 0.25) is 0 Å². The predicted molar refractivity (Wildman–Crippen MR) is 91.0 cm³/mol. The molecule has 0 aliphatic carbocycles. The predicted octanol–water partition coefficient (Wildman–Crippen LogP) is 4.39. The van der Waals surface area contributed by atoms with E-state index in [0.29, 0.717) is 12.0 Å². The van der Waals surface area contributed by atoms with Gasteiger partial charge in [-0.25, -0.2) is 4.98 Å². The summed E-state index contributed by atoms with van der Waals surface area (Å²) in [7, 11) is 0. The summed E-state index contributed by atoms with van der Waals surface area (Å²) in [5.74, 6) is 0.546. The van der Waals surface area contributed by atoms with Crippen molar-refractivity contribution in [3.05, 3.63) is 10.6 Å². The molecule has 4 heteroatoms. The molecule has 0 radical (unpaired) electrons.